The van der Waals surface area contributed by atoms with Crippen molar-refractivity contribution < 1.29 is 5.11 Å². The zero-order valence-electron chi connectivity index (χ0n) is 8.26. The van der Waals surface area contributed by atoms with Gasteiger partial charge in [0.25, 0.3) is 0 Å². The standard InChI is InChI=1S/C11H13Br2NO/c12-9-4-7(5-10(13)11(9)15)6-14-8-2-1-3-8/h4-5,8,14-15H,1-3,6H2. The lowest BCUT2D eigenvalue weighted by atomic mass is 9.93. The molecular formula is C11H13Br2NO. The fourth-order valence-corrected chi connectivity index (χ4v) is 2.88. The Bertz CT molecular complexity index is 341. The van der Waals surface area contributed by atoms with E-state index in [9.17, 15) is 5.11 Å². The van der Waals surface area contributed by atoms with Crippen LogP contribution in [0.3, 0.4) is 0 Å². The molecule has 2 nitrogen and oxygen atoms in total. The van der Waals surface area contributed by atoms with Gasteiger partial charge < -0.3 is 10.4 Å². The molecule has 0 atom stereocenters. The third kappa shape index (κ3) is 2.74. The highest BCUT2D eigenvalue weighted by Crippen LogP contribution is 2.33. The molecule has 0 saturated heterocycles. The average molecular weight is 335 g/mol. The number of phenols is 1. The van der Waals surface area contributed by atoms with E-state index in [1.165, 1.54) is 24.8 Å². The molecule has 1 aromatic carbocycles. The number of nitrogens with one attached hydrogen (secondary N) is 1. The first-order valence-corrected chi connectivity index (χ1v) is 6.65. The molecule has 0 aromatic heterocycles. The van der Waals surface area contributed by atoms with E-state index in [0.29, 0.717) is 6.04 Å². The van der Waals surface area contributed by atoms with Crippen LogP contribution in [0.5, 0.6) is 5.75 Å². The molecule has 2 N–H and O–H groups in total. The molecule has 4 heteroatoms. The van der Waals surface area contributed by atoms with Crippen molar-refractivity contribution in [3.63, 3.8) is 0 Å². The summed E-state index contributed by atoms with van der Waals surface area (Å²) in [5, 5.41) is 13.0. The van der Waals surface area contributed by atoms with Crippen LogP contribution in [0.25, 0.3) is 0 Å². The van der Waals surface area contributed by atoms with Crippen LogP contribution < -0.4 is 5.32 Å². The second kappa shape index (κ2) is 4.85. The third-order valence-electron chi connectivity index (χ3n) is 2.78. The molecule has 82 valence electrons. The van der Waals surface area contributed by atoms with Gasteiger partial charge >= 0.3 is 0 Å². The number of halogens is 2. The Balaban J connectivity index is 2.01. The summed E-state index contributed by atoms with van der Waals surface area (Å²) in [5.74, 6) is 0.266. The zero-order chi connectivity index (χ0) is 10.8. The van der Waals surface area contributed by atoms with Gasteiger partial charge in [-0.25, -0.2) is 0 Å². The summed E-state index contributed by atoms with van der Waals surface area (Å²) >= 11 is 6.65. The summed E-state index contributed by atoms with van der Waals surface area (Å²) in [7, 11) is 0. The monoisotopic (exact) mass is 333 g/mol. The highest BCUT2D eigenvalue weighted by Gasteiger charge is 2.16. The van der Waals surface area contributed by atoms with Gasteiger partial charge in [0.2, 0.25) is 0 Å². The summed E-state index contributed by atoms with van der Waals surface area (Å²) in [6.07, 6.45) is 3.93. The molecule has 1 aliphatic carbocycles. The molecule has 1 aliphatic rings. The Morgan fingerprint density at radius 3 is 2.33 bits per heavy atom. The van der Waals surface area contributed by atoms with Crippen LogP contribution in [0.15, 0.2) is 21.1 Å². The Morgan fingerprint density at radius 1 is 1.27 bits per heavy atom. The second-order valence-corrected chi connectivity index (χ2v) is 5.63. The quantitative estimate of drug-likeness (QED) is 0.885. The number of phenolic OH excluding ortho intramolecular Hbond substituents is 1. The fraction of sp³-hybridized carbons (Fsp3) is 0.455. The molecule has 15 heavy (non-hydrogen) atoms. The van der Waals surface area contributed by atoms with Gasteiger partial charge in [-0.15, -0.1) is 0 Å². The second-order valence-electron chi connectivity index (χ2n) is 3.92. The van der Waals surface area contributed by atoms with Gasteiger partial charge in [0.05, 0.1) is 8.95 Å². The maximum absolute atomic E-state index is 9.55. The SMILES string of the molecule is Oc1c(Br)cc(CNC2CCC2)cc1Br. The first-order chi connectivity index (χ1) is 7.16. The molecule has 1 fully saturated rings. The minimum Gasteiger partial charge on any atom is -0.506 e. The molecule has 0 aliphatic heterocycles. The van der Waals surface area contributed by atoms with Crippen molar-refractivity contribution in [1.29, 1.82) is 0 Å². The van der Waals surface area contributed by atoms with Gasteiger partial charge in [0.15, 0.2) is 0 Å². The maximum atomic E-state index is 9.55. The van der Waals surface area contributed by atoms with Crippen molar-refractivity contribution in [3.05, 3.63) is 26.6 Å². The van der Waals surface area contributed by atoms with Gasteiger partial charge in [-0.05, 0) is 62.4 Å². The van der Waals surface area contributed by atoms with Crippen LogP contribution in [-0.2, 0) is 6.54 Å². The Labute approximate surface area is 106 Å². The summed E-state index contributed by atoms with van der Waals surface area (Å²) in [6, 6.07) is 4.59. The molecule has 0 radical (unpaired) electrons. The van der Waals surface area contributed by atoms with Crippen molar-refractivity contribution in [2.45, 2.75) is 31.8 Å². The molecule has 0 spiro atoms. The molecule has 0 heterocycles. The Hall–Kier alpha value is -0.0600. The maximum Gasteiger partial charge on any atom is 0.143 e. The van der Waals surface area contributed by atoms with E-state index < -0.39 is 0 Å². The summed E-state index contributed by atoms with van der Waals surface area (Å²) < 4.78 is 1.48. The van der Waals surface area contributed by atoms with Crippen LogP contribution in [-0.4, -0.2) is 11.1 Å². The number of benzene rings is 1. The van der Waals surface area contributed by atoms with Gasteiger partial charge in [0, 0.05) is 12.6 Å². The molecule has 1 saturated carbocycles. The van der Waals surface area contributed by atoms with Crippen LogP contribution in [0.4, 0.5) is 0 Å². The van der Waals surface area contributed by atoms with Gasteiger partial charge in [-0.2, -0.15) is 0 Å². The first kappa shape index (κ1) is 11.4. The van der Waals surface area contributed by atoms with Crippen molar-refractivity contribution in [3.8, 4) is 5.75 Å². The number of rotatable bonds is 3. The predicted molar refractivity (Wildman–Crippen MR) is 68.0 cm³/mol. The number of hydrogen-bond donors (Lipinski definition) is 2. The Morgan fingerprint density at radius 2 is 1.87 bits per heavy atom. The van der Waals surface area contributed by atoms with E-state index in [2.05, 4.69) is 37.2 Å². The first-order valence-electron chi connectivity index (χ1n) is 5.07. The summed E-state index contributed by atoms with van der Waals surface area (Å²) in [5.41, 5.74) is 1.18. The smallest absolute Gasteiger partial charge is 0.143 e. The van der Waals surface area contributed by atoms with Crippen molar-refractivity contribution in [1.82, 2.24) is 5.32 Å². The Kier molecular flexibility index (Phi) is 3.69. The normalized spacial score (nSPS) is 16.4. The van der Waals surface area contributed by atoms with Crippen LogP contribution >= 0.6 is 31.9 Å². The van der Waals surface area contributed by atoms with E-state index in [0.717, 1.165) is 15.5 Å². The van der Waals surface area contributed by atoms with Crippen LogP contribution in [0.1, 0.15) is 24.8 Å². The molecule has 0 unspecified atom stereocenters. The van der Waals surface area contributed by atoms with E-state index in [1.807, 2.05) is 12.1 Å². The number of aromatic hydroxyl groups is 1. The fourth-order valence-electron chi connectivity index (χ4n) is 1.59. The minimum absolute atomic E-state index is 0.266. The highest BCUT2D eigenvalue weighted by atomic mass is 79.9. The third-order valence-corrected chi connectivity index (χ3v) is 3.99. The van der Waals surface area contributed by atoms with E-state index in [4.69, 9.17) is 0 Å². The van der Waals surface area contributed by atoms with Gasteiger partial charge in [0.1, 0.15) is 5.75 Å². The molecular weight excluding hydrogens is 322 g/mol. The van der Waals surface area contributed by atoms with Crippen LogP contribution in [0, 0.1) is 0 Å². The molecule has 1 aromatic rings. The van der Waals surface area contributed by atoms with Gasteiger partial charge in [-0.1, -0.05) is 6.42 Å². The molecule has 0 amide bonds. The summed E-state index contributed by atoms with van der Waals surface area (Å²) in [6.45, 7) is 0.863. The van der Waals surface area contributed by atoms with E-state index in [1.54, 1.807) is 0 Å². The predicted octanol–water partition coefficient (Wildman–Crippen LogP) is 3.56. The van der Waals surface area contributed by atoms with Crippen molar-refractivity contribution in [2.24, 2.45) is 0 Å². The minimum atomic E-state index is 0.266. The zero-order valence-corrected chi connectivity index (χ0v) is 11.4. The van der Waals surface area contributed by atoms with Crippen molar-refractivity contribution in [2.75, 3.05) is 0 Å². The molecule has 2 rings (SSSR count). The van der Waals surface area contributed by atoms with Crippen LogP contribution in [0.2, 0.25) is 0 Å². The highest BCUT2D eigenvalue weighted by molar-refractivity contribution is 9.11. The topological polar surface area (TPSA) is 32.3 Å². The lowest BCUT2D eigenvalue weighted by Gasteiger charge is -2.26. The van der Waals surface area contributed by atoms with Gasteiger partial charge in [-0.3, -0.25) is 0 Å². The number of hydrogen-bond acceptors (Lipinski definition) is 2. The largest absolute Gasteiger partial charge is 0.506 e. The lowest BCUT2D eigenvalue weighted by Crippen LogP contribution is -2.34. The summed E-state index contributed by atoms with van der Waals surface area (Å²) in [4.78, 5) is 0. The lowest BCUT2D eigenvalue weighted by molar-refractivity contribution is 0.338. The van der Waals surface area contributed by atoms with E-state index in [-0.39, 0.29) is 5.75 Å². The molecule has 0 bridgehead atoms. The van der Waals surface area contributed by atoms with E-state index >= 15 is 0 Å². The van der Waals surface area contributed by atoms with Crippen molar-refractivity contribution >= 4 is 31.9 Å². The average Bonchev–Trinajstić information content (AvgIpc) is 2.11.